The van der Waals surface area contributed by atoms with Crippen molar-refractivity contribution in [3.63, 3.8) is 0 Å². The van der Waals surface area contributed by atoms with Crippen LogP contribution in [-0.2, 0) is 6.54 Å². The molecule has 1 aromatic heterocycles. The number of halogens is 2. The Hall–Kier alpha value is -1.10. The molecule has 0 saturated heterocycles. The summed E-state index contributed by atoms with van der Waals surface area (Å²) in [4.78, 5) is 4.49. The van der Waals surface area contributed by atoms with E-state index >= 15 is 0 Å². The van der Waals surface area contributed by atoms with Crippen LogP contribution in [0.1, 0.15) is 31.0 Å². The number of pyridine rings is 1. The molecule has 1 heterocycles. The van der Waals surface area contributed by atoms with E-state index in [1.165, 1.54) is 0 Å². The minimum atomic E-state index is 0.309. The van der Waals surface area contributed by atoms with Gasteiger partial charge in [0.1, 0.15) is 5.75 Å². The first kappa shape index (κ1) is 15.3. The van der Waals surface area contributed by atoms with Crippen LogP contribution < -0.4 is 10.5 Å². The van der Waals surface area contributed by atoms with E-state index in [9.17, 15) is 0 Å². The van der Waals surface area contributed by atoms with Gasteiger partial charge in [0.15, 0.2) is 0 Å². The first-order chi connectivity index (χ1) is 9.49. The fourth-order valence-electron chi connectivity index (χ4n) is 1.72. The third-order valence-corrected chi connectivity index (χ3v) is 3.61. The average Bonchev–Trinajstić information content (AvgIpc) is 2.41. The Labute approximate surface area is 132 Å². The second kappa shape index (κ2) is 6.57. The number of benzene rings is 1. The van der Waals surface area contributed by atoms with Gasteiger partial charge in [-0.25, -0.2) is 4.98 Å². The molecule has 20 heavy (non-hydrogen) atoms. The number of hydrogen-bond acceptors (Lipinski definition) is 3. The van der Waals surface area contributed by atoms with Crippen molar-refractivity contribution in [1.29, 1.82) is 0 Å². The molecular formula is C15H16BrClN2O. The van der Waals surface area contributed by atoms with Gasteiger partial charge in [-0.1, -0.05) is 41.4 Å². The monoisotopic (exact) mass is 354 g/mol. The number of aromatic nitrogens is 1. The largest absolute Gasteiger partial charge is 0.437 e. The topological polar surface area (TPSA) is 48.1 Å². The lowest BCUT2D eigenvalue weighted by Crippen LogP contribution is -2.02. The van der Waals surface area contributed by atoms with Crippen molar-refractivity contribution in [2.45, 2.75) is 26.3 Å². The molecule has 2 aromatic rings. The fourth-order valence-corrected chi connectivity index (χ4v) is 2.43. The van der Waals surface area contributed by atoms with Gasteiger partial charge in [0, 0.05) is 22.8 Å². The maximum absolute atomic E-state index is 6.15. The Morgan fingerprint density at radius 3 is 2.65 bits per heavy atom. The summed E-state index contributed by atoms with van der Waals surface area (Å²) in [5.41, 5.74) is 7.66. The summed E-state index contributed by atoms with van der Waals surface area (Å²) < 4.78 is 6.68. The molecule has 2 rings (SSSR count). The molecule has 0 atom stereocenters. The first-order valence-electron chi connectivity index (χ1n) is 6.33. The SMILES string of the molecule is CC(C)c1cc(CN)cc(Oc2ccc(Br)cc2Cl)n1. The molecule has 2 N–H and O–H groups in total. The molecule has 106 valence electrons. The van der Waals surface area contributed by atoms with Gasteiger partial charge in [-0.05, 0) is 35.7 Å². The smallest absolute Gasteiger partial charge is 0.219 e. The minimum Gasteiger partial charge on any atom is -0.437 e. The second-order valence-corrected chi connectivity index (χ2v) is 6.10. The van der Waals surface area contributed by atoms with Crippen LogP contribution in [0.25, 0.3) is 0 Å². The van der Waals surface area contributed by atoms with Gasteiger partial charge in [-0.2, -0.15) is 0 Å². The Bertz CT molecular complexity index is 617. The van der Waals surface area contributed by atoms with Crippen LogP contribution in [0.4, 0.5) is 0 Å². The van der Waals surface area contributed by atoms with Gasteiger partial charge in [0.25, 0.3) is 0 Å². The molecule has 0 aliphatic rings. The number of rotatable bonds is 4. The highest BCUT2D eigenvalue weighted by Gasteiger charge is 2.09. The molecule has 0 aliphatic carbocycles. The van der Waals surface area contributed by atoms with Crippen LogP contribution in [0.15, 0.2) is 34.8 Å². The maximum Gasteiger partial charge on any atom is 0.219 e. The van der Waals surface area contributed by atoms with Crippen molar-refractivity contribution in [3.05, 3.63) is 51.1 Å². The molecule has 0 aliphatic heterocycles. The van der Waals surface area contributed by atoms with E-state index in [-0.39, 0.29) is 0 Å². The van der Waals surface area contributed by atoms with E-state index in [0.29, 0.717) is 29.1 Å². The van der Waals surface area contributed by atoms with Gasteiger partial charge in [-0.15, -0.1) is 0 Å². The van der Waals surface area contributed by atoms with E-state index in [1.807, 2.05) is 18.2 Å². The Morgan fingerprint density at radius 1 is 1.30 bits per heavy atom. The van der Waals surface area contributed by atoms with Crippen molar-refractivity contribution < 1.29 is 4.74 Å². The lowest BCUT2D eigenvalue weighted by Gasteiger charge is -2.12. The number of nitrogens with two attached hydrogens (primary N) is 1. The van der Waals surface area contributed by atoms with Crippen LogP contribution in [0.3, 0.4) is 0 Å². The summed E-state index contributed by atoms with van der Waals surface area (Å²) in [5.74, 6) is 1.40. The highest BCUT2D eigenvalue weighted by atomic mass is 79.9. The van der Waals surface area contributed by atoms with Crippen LogP contribution in [0, 0.1) is 0 Å². The predicted octanol–water partition coefficient (Wildman–Crippen LogP) is 4.87. The van der Waals surface area contributed by atoms with Crippen molar-refractivity contribution in [3.8, 4) is 11.6 Å². The molecule has 5 heteroatoms. The van der Waals surface area contributed by atoms with Gasteiger partial charge < -0.3 is 10.5 Å². The highest BCUT2D eigenvalue weighted by molar-refractivity contribution is 9.10. The maximum atomic E-state index is 6.15. The summed E-state index contributed by atoms with van der Waals surface area (Å²) >= 11 is 9.51. The molecular weight excluding hydrogens is 340 g/mol. The number of ether oxygens (including phenoxy) is 1. The first-order valence-corrected chi connectivity index (χ1v) is 7.50. The molecule has 3 nitrogen and oxygen atoms in total. The molecule has 0 unspecified atom stereocenters. The molecule has 0 radical (unpaired) electrons. The van der Waals surface area contributed by atoms with E-state index in [2.05, 4.69) is 34.8 Å². The normalized spacial score (nSPS) is 10.9. The van der Waals surface area contributed by atoms with Gasteiger partial charge in [-0.3, -0.25) is 0 Å². The zero-order valence-corrected chi connectivity index (χ0v) is 13.7. The number of nitrogens with zero attached hydrogens (tertiary/aromatic N) is 1. The van der Waals surface area contributed by atoms with E-state index in [1.54, 1.807) is 12.1 Å². The van der Waals surface area contributed by atoms with Crippen molar-refractivity contribution >= 4 is 27.5 Å². The molecule has 0 amide bonds. The molecule has 0 bridgehead atoms. The van der Waals surface area contributed by atoms with Crippen molar-refractivity contribution in [1.82, 2.24) is 4.98 Å². The summed E-state index contributed by atoms with van der Waals surface area (Å²) in [6, 6.07) is 9.30. The molecule has 0 spiro atoms. The van der Waals surface area contributed by atoms with Crippen LogP contribution in [-0.4, -0.2) is 4.98 Å². The van der Waals surface area contributed by atoms with Crippen LogP contribution >= 0.6 is 27.5 Å². The van der Waals surface area contributed by atoms with Crippen LogP contribution in [0.2, 0.25) is 5.02 Å². The van der Waals surface area contributed by atoms with Crippen molar-refractivity contribution in [2.24, 2.45) is 5.73 Å². The van der Waals surface area contributed by atoms with Gasteiger partial charge in [0.05, 0.1) is 5.02 Å². The molecule has 0 saturated carbocycles. The zero-order valence-electron chi connectivity index (χ0n) is 11.4. The summed E-state index contributed by atoms with van der Waals surface area (Å²) in [5, 5.41) is 0.533. The Morgan fingerprint density at radius 2 is 2.05 bits per heavy atom. The van der Waals surface area contributed by atoms with E-state index in [4.69, 9.17) is 22.1 Å². The third kappa shape index (κ3) is 3.72. The predicted molar refractivity (Wildman–Crippen MR) is 85.4 cm³/mol. The second-order valence-electron chi connectivity index (χ2n) is 4.77. The van der Waals surface area contributed by atoms with Gasteiger partial charge >= 0.3 is 0 Å². The lowest BCUT2D eigenvalue weighted by molar-refractivity contribution is 0.458. The molecule has 0 fully saturated rings. The highest BCUT2D eigenvalue weighted by Crippen LogP contribution is 2.31. The van der Waals surface area contributed by atoms with Crippen LogP contribution in [0.5, 0.6) is 11.6 Å². The summed E-state index contributed by atoms with van der Waals surface area (Å²) in [6.07, 6.45) is 0. The Kier molecular flexibility index (Phi) is 5.02. The van der Waals surface area contributed by atoms with E-state index < -0.39 is 0 Å². The minimum absolute atomic E-state index is 0.309. The van der Waals surface area contributed by atoms with Gasteiger partial charge in [0.2, 0.25) is 5.88 Å². The Balaban J connectivity index is 2.34. The lowest BCUT2D eigenvalue weighted by atomic mass is 10.1. The average molecular weight is 356 g/mol. The van der Waals surface area contributed by atoms with Crippen molar-refractivity contribution in [2.75, 3.05) is 0 Å². The third-order valence-electron chi connectivity index (χ3n) is 2.82. The fraction of sp³-hybridized carbons (Fsp3) is 0.267. The summed E-state index contributed by atoms with van der Waals surface area (Å²) in [6.45, 7) is 4.62. The number of hydrogen-bond donors (Lipinski definition) is 1. The van der Waals surface area contributed by atoms with E-state index in [0.717, 1.165) is 15.7 Å². The quantitative estimate of drug-likeness (QED) is 0.851. The zero-order chi connectivity index (χ0) is 14.7. The standard InChI is InChI=1S/C15H16BrClN2O/c1-9(2)13-5-10(8-18)6-15(19-13)20-14-4-3-11(16)7-12(14)17/h3-7,9H,8,18H2,1-2H3. The summed E-state index contributed by atoms with van der Waals surface area (Å²) in [7, 11) is 0. The molecule has 1 aromatic carbocycles.